The van der Waals surface area contributed by atoms with Crippen molar-refractivity contribution in [2.75, 3.05) is 17.7 Å². The number of benzene rings is 2. The molecule has 2 heterocycles. The van der Waals surface area contributed by atoms with Gasteiger partial charge in [0.05, 0.1) is 12.8 Å². The Morgan fingerprint density at radius 3 is 2.62 bits per heavy atom. The summed E-state index contributed by atoms with van der Waals surface area (Å²) in [6, 6.07) is 13.3. The average Bonchev–Trinajstić information content (AvgIpc) is 3.06. The summed E-state index contributed by atoms with van der Waals surface area (Å²) in [4.78, 5) is 35.1. The fourth-order valence-electron chi connectivity index (χ4n) is 2.91. The first kappa shape index (κ1) is 18.0. The molecule has 0 atom stereocenters. The van der Waals surface area contributed by atoms with Gasteiger partial charge in [-0.15, -0.1) is 0 Å². The average molecular weight is 392 g/mol. The number of phenols is 1. The normalized spacial score (nSPS) is 10.7. The predicted octanol–water partition coefficient (Wildman–Crippen LogP) is 2.13. The van der Waals surface area contributed by atoms with Crippen LogP contribution < -0.4 is 21.1 Å². The number of nitrogens with zero attached hydrogens (tertiary/aromatic N) is 3. The van der Waals surface area contributed by atoms with Gasteiger partial charge in [-0.1, -0.05) is 12.1 Å². The number of para-hydroxylation sites is 2. The number of aromatic hydroxyl groups is 1. The Morgan fingerprint density at radius 1 is 1.14 bits per heavy atom. The second-order valence-corrected chi connectivity index (χ2v) is 5.97. The summed E-state index contributed by atoms with van der Waals surface area (Å²) in [6.45, 7) is 0. The van der Waals surface area contributed by atoms with Gasteiger partial charge in [-0.3, -0.25) is 4.79 Å². The van der Waals surface area contributed by atoms with Crippen LogP contribution in [0.15, 0.2) is 53.3 Å². The minimum Gasteiger partial charge on any atom is -0.508 e. The van der Waals surface area contributed by atoms with Gasteiger partial charge < -0.3 is 25.5 Å². The number of ether oxygens (including phenoxy) is 1. The van der Waals surface area contributed by atoms with Gasteiger partial charge >= 0.3 is 5.69 Å². The zero-order valence-electron chi connectivity index (χ0n) is 15.2. The van der Waals surface area contributed by atoms with Crippen LogP contribution in [0.2, 0.25) is 0 Å². The predicted molar refractivity (Wildman–Crippen MR) is 107 cm³/mol. The zero-order valence-corrected chi connectivity index (χ0v) is 15.2. The van der Waals surface area contributed by atoms with Crippen LogP contribution in [0.4, 0.5) is 17.5 Å². The molecule has 0 fully saturated rings. The first-order valence-electron chi connectivity index (χ1n) is 8.53. The lowest BCUT2D eigenvalue weighted by Crippen LogP contribution is -2.15. The number of methoxy groups -OCH3 is 1. The highest BCUT2D eigenvalue weighted by molar-refractivity contribution is 5.90. The summed E-state index contributed by atoms with van der Waals surface area (Å²) >= 11 is 0. The summed E-state index contributed by atoms with van der Waals surface area (Å²) < 4.78 is 6.70. The molecular weight excluding hydrogens is 376 g/mol. The Balaban J connectivity index is 1.92. The molecule has 0 unspecified atom stereocenters. The maximum Gasteiger partial charge on any atom is 0.332 e. The number of nitrogens with one attached hydrogen (secondary N) is 3. The second-order valence-electron chi connectivity index (χ2n) is 5.97. The fraction of sp³-hybridized carbons (Fsp3) is 0.0526. The SMILES string of the molecule is COc1ccccc1-n1c(=O)[nH]c2c(NC=O)nc(Nc3ccc(O)cc3)nc21. The Bertz CT molecular complexity index is 1250. The monoisotopic (exact) mass is 392 g/mol. The maximum atomic E-state index is 12.7. The number of rotatable bonds is 6. The van der Waals surface area contributed by atoms with Gasteiger partial charge in [0.25, 0.3) is 0 Å². The maximum absolute atomic E-state index is 12.7. The number of carbonyl (C=O) groups is 1. The van der Waals surface area contributed by atoms with Gasteiger partial charge in [-0.25, -0.2) is 9.36 Å². The van der Waals surface area contributed by atoms with Gasteiger partial charge in [0.1, 0.15) is 17.0 Å². The highest BCUT2D eigenvalue weighted by atomic mass is 16.5. The molecule has 4 N–H and O–H groups in total. The first-order chi connectivity index (χ1) is 14.1. The largest absolute Gasteiger partial charge is 0.508 e. The number of phenolic OH excluding ortho intramolecular Hbond substituents is 1. The molecule has 1 amide bonds. The number of carbonyl (C=O) groups excluding carboxylic acids is 1. The molecule has 2 aromatic carbocycles. The summed E-state index contributed by atoms with van der Waals surface area (Å²) in [5.41, 5.74) is 1.15. The Morgan fingerprint density at radius 2 is 1.90 bits per heavy atom. The highest BCUT2D eigenvalue weighted by Gasteiger charge is 2.18. The summed E-state index contributed by atoms with van der Waals surface area (Å²) in [5.74, 6) is 0.880. The minimum atomic E-state index is -0.463. The van der Waals surface area contributed by atoms with Crippen molar-refractivity contribution in [3.05, 3.63) is 59.0 Å². The molecule has 0 spiro atoms. The number of aromatic amines is 1. The fourth-order valence-corrected chi connectivity index (χ4v) is 2.91. The van der Waals surface area contributed by atoms with Gasteiger partial charge in [0, 0.05) is 5.69 Å². The molecule has 0 radical (unpaired) electrons. The van der Waals surface area contributed by atoms with Crippen LogP contribution in [0, 0.1) is 0 Å². The number of fused-ring (bicyclic) bond motifs is 1. The number of H-pyrrole nitrogens is 1. The number of anilines is 3. The van der Waals surface area contributed by atoms with E-state index in [1.165, 1.54) is 23.8 Å². The molecule has 2 aromatic heterocycles. The van der Waals surface area contributed by atoms with Crippen LogP contribution in [0.1, 0.15) is 0 Å². The number of amides is 1. The van der Waals surface area contributed by atoms with Gasteiger partial charge in [0.2, 0.25) is 12.4 Å². The smallest absolute Gasteiger partial charge is 0.332 e. The molecular formula is C19H16N6O4. The quantitative estimate of drug-likeness (QED) is 0.292. The number of hydrogen-bond donors (Lipinski definition) is 4. The van der Waals surface area contributed by atoms with Gasteiger partial charge in [-0.05, 0) is 36.4 Å². The van der Waals surface area contributed by atoms with Crippen molar-refractivity contribution in [2.24, 2.45) is 0 Å². The van der Waals surface area contributed by atoms with Crippen molar-refractivity contribution in [3.8, 4) is 17.2 Å². The molecule has 29 heavy (non-hydrogen) atoms. The van der Waals surface area contributed by atoms with Gasteiger partial charge in [0.15, 0.2) is 11.5 Å². The van der Waals surface area contributed by atoms with E-state index in [1.54, 1.807) is 36.4 Å². The second kappa shape index (κ2) is 7.35. The molecule has 4 aromatic rings. The number of aromatic nitrogens is 4. The van der Waals surface area contributed by atoms with E-state index in [1.807, 2.05) is 0 Å². The van der Waals surface area contributed by atoms with Crippen LogP contribution in [-0.2, 0) is 4.79 Å². The van der Waals surface area contributed by atoms with Crippen LogP contribution >= 0.6 is 0 Å². The molecule has 0 bridgehead atoms. The van der Waals surface area contributed by atoms with E-state index in [-0.39, 0.29) is 28.7 Å². The van der Waals surface area contributed by atoms with E-state index < -0.39 is 5.69 Å². The van der Waals surface area contributed by atoms with Crippen molar-refractivity contribution in [1.82, 2.24) is 19.5 Å². The molecule has 10 heteroatoms. The number of imidazole rings is 1. The minimum absolute atomic E-state index is 0.117. The van der Waals surface area contributed by atoms with E-state index >= 15 is 0 Å². The highest BCUT2D eigenvalue weighted by Crippen LogP contribution is 2.27. The lowest BCUT2D eigenvalue weighted by atomic mass is 10.3. The molecule has 0 saturated heterocycles. The third-order valence-corrected chi connectivity index (χ3v) is 4.18. The van der Waals surface area contributed by atoms with Crippen molar-refractivity contribution in [3.63, 3.8) is 0 Å². The van der Waals surface area contributed by atoms with Crippen LogP contribution in [0.25, 0.3) is 16.9 Å². The van der Waals surface area contributed by atoms with Gasteiger partial charge in [-0.2, -0.15) is 9.97 Å². The van der Waals surface area contributed by atoms with Crippen molar-refractivity contribution in [1.29, 1.82) is 0 Å². The molecule has 10 nitrogen and oxygen atoms in total. The van der Waals surface area contributed by atoms with E-state index in [0.717, 1.165) is 0 Å². The molecule has 146 valence electrons. The Kier molecular flexibility index (Phi) is 4.57. The lowest BCUT2D eigenvalue weighted by Gasteiger charge is -2.10. The van der Waals surface area contributed by atoms with E-state index in [4.69, 9.17) is 4.74 Å². The standard InChI is InChI=1S/C19H16N6O4/c1-29-14-5-3-2-4-13(14)25-17-15(22-19(25)28)16(20-10-26)23-18(24-17)21-11-6-8-12(27)9-7-11/h2-10,27H,1H3,(H,22,28)(H2,20,21,23,24,26). The summed E-state index contributed by atoms with van der Waals surface area (Å²) in [5, 5.41) is 14.9. The van der Waals surface area contributed by atoms with Crippen molar-refractivity contribution in [2.45, 2.75) is 0 Å². The molecule has 0 aliphatic heterocycles. The molecule has 0 saturated carbocycles. The van der Waals surface area contributed by atoms with E-state index in [2.05, 4.69) is 25.6 Å². The van der Waals surface area contributed by atoms with Crippen molar-refractivity contribution >= 4 is 35.0 Å². The van der Waals surface area contributed by atoms with E-state index in [9.17, 15) is 14.7 Å². The summed E-state index contributed by atoms with van der Waals surface area (Å²) in [7, 11) is 1.50. The molecule has 4 rings (SSSR count). The Labute approximate surface area is 163 Å². The topological polar surface area (TPSA) is 134 Å². The van der Waals surface area contributed by atoms with E-state index in [0.29, 0.717) is 23.5 Å². The Hall–Kier alpha value is -4.34. The number of hydrogen-bond acceptors (Lipinski definition) is 7. The molecule has 0 aliphatic carbocycles. The third-order valence-electron chi connectivity index (χ3n) is 4.18. The van der Waals surface area contributed by atoms with Crippen LogP contribution in [0.3, 0.4) is 0 Å². The first-order valence-corrected chi connectivity index (χ1v) is 8.53. The van der Waals surface area contributed by atoms with Crippen molar-refractivity contribution < 1.29 is 14.6 Å². The van der Waals surface area contributed by atoms with Crippen LogP contribution in [0.5, 0.6) is 11.5 Å². The van der Waals surface area contributed by atoms with Crippen LogP contribution in [-0.4, -0.2) is 38.1 Å². The summed E-state index contributed by atoms with van der Waals surface area (Å²) in [6.07, 6.45) is 0.463. The third kappa shape index (κ3) is 3.34. The molecule has 0 aliphatic rings. The lowest BCUT2D eigenvalue weighted by molar-refractivity contribution is -0.105. The zero-order chi connectivity index (χ0) is 20.4.